The third kappa shape index (κ3) is 3.88. The van der Waals surface area contributed by atoms with Crippen molar-refractivity contribution >= 4 is 15.9 Å². The third-order valence-corrected chi connectivity index (χ3v) is 5.60. The van der Waals surface area contributed by atoms with E-state index in [2.05, 4.69) is 52.4 Å². The van der Waals surface area contributed by atoms with Gasteiger partial charge >= 0.3 is 0 Å². The molecule has 116 valence electrons. The molecular formula is C18H26BrNO. The molecule has 0 aromatic heterocycles. The minimum atomic E-state index is 0.240. The Hall–Kier alpha value is -0.380. The lowest BCUT2D eigenvalue weighted by molar-refractivity contribution is -0.0628. The molecule has 1 spiro atoms. The zero-order chi connectivity index (χ0) is 14.7. The second kappa shape index (κ2) is 6.80. The van der Waals surface area contributed by atoms with Crippen LogP contribution in [0.3, 0.4) is 0 Å². The van der Waals surface area contributed by atoms with E-state index in [1.54, 1.807) is 0 Å². The van der Waals surface area contributed by atoms with Gasteiger partial charge < -0.3 is 10.1 Å². The molecule has 1 heterocycles. The summed E-state index contributed by atoms with van der Waals surface area (Å²) in [5.74, 6) is 0. The zero-order valence-corrected chi connectivity index (χ0v) is 14.5. The van der Waals surface area contributed by atoms with E-state index in [-0.39, 0.29) is 5.60 Å². The topological polar surface area (TPSA) is 21.3 Å². The lowest BCUT2D eigenvalue weighted by Crippen LogP contribution is -2.35. The van der Waals surface area contributed by atoms with Gasteiger partial charge in [0.15, 0.2) is 0 Å². The summed E-state index contributed by atoms with van der Waals surface area (Å²) in [6.07, 6.45) is 9.56. The Bertz CT molecular complexity index is 470. The van der Waals surface area contributed by atoms with E-state index >= 15 is 0 Å². The fourth-order valence-electron chi connectivity index (χ4n) is 3.81. The van der Waals surface area contributed by atoms with Crippen molar-refractivity contribution in [2.75, 3.05) is 6.54 Å². The van der Waals surface area contributed by atoms with Gasteiger partial charge in [-0.3, -0.25) is 0 Å². The second-order valence-corrected chi connectivity index (χ2v) is 7.62. The number of hydrogen-bond acceptors (Lipinski definition) is 2. The number of benzene rings is 1. The van der Waals surface area contributed by atoms with Crippen LogP contribution in [-0.2, 0) is 4.74 Å². The van der Waals surface area contributed by atoms with Gasteiger partial charge in [0, 0.05) is 17.1 Å². The van der Waals surface area contributed by atoms with Gasteiger partial charge in [0.05, 0.1) is 11.7 Å². The summed E-state index contributed by atoms with van der Waals surface area (Å²) < 4.78 is 7.57. The molecule has 1 aromatic carbocycles. The van der Waals surface area contributed by atoms with Gasteiger partial charge in [0.1, 0.15) is 0 Å². The van der Waals surface area contributed by atoms with E-state index in [0.29, 0.717) is 12.1 Å². The highest BCUT2D eigenvalue weighted by atomic mass is 79.9. The molecule has 1 N–H and O–H groups in total. The number of nitrogens with one attached hydrogen (secondary N) is 1. The Morgan fingerprint density at radius 2 is 2.10 bits per heavy atom. The second-order valence-electron chi connectivity index (χ2n) is 6.71. The Labute approximate surface area is 136 Å². The SMILES string of the molecule is C[C@@H](NCC1CCC2(CCCCC2)O1)c1cccc(Br)c1. The van der Waals surface area contributed by atoms with Crippen molar-refractivity contribution in [3.8, 4) is 0 Å². The van der Waals surface area contributed by atoms with E-state index in [1.807, 2.05) is 0 Å². The molecule has 1 aromatic rings. The van der Waals surface area contributed by atoms with E-state index in [4.69, 9.17) is 4.74 Å². The van der Waals surface area contributed by atoms with Crippen LogP contribution in [0.4, 0.5) is 0 Å². The van der Waals surface area contributed by atoms with Crippen LogP contribution >= 0.6 is 15.9 Å². The van der Waals surface area contributed by atoms with Crippen molar-refractivity contribution in [2.24, 2.45) is 0 Å². The predicted octanol–water partition coefficient (Wildman–Crippen LogP) is 4.98. The van der Waals surface area contributed by atoms with Crippen molar-refractivity contribution in [1.82, 2.24) is 5.32 Å². The van der Waals surface area contributed by atoms with Crippen molar-refractivity contribution in [3.63, 3.8) is 0 Å². The van der Waals surface area contributed by atoms with E-state index < -0.39 is 0 Å². The number of hydrogen-bond donors (Lipinski definition) is 1. The molecule has 1 aliphatic carbocycles. The van der Waals surface area contributed by atoms with E-state index in [9.17, 15) is 0 Å². The first kappa shape index (κ1) is 15.5. The first-order valence-electron chi connectivity index (χ1n) is 8.34. The van der Waals surface area contributed by atoms with Gasteiger partial charge in [-0.25, -0.2) is 0 Å². The Morgan fingerprint density at radius 3 is 2.86 bits per heavy atom. The van der Waals surface area contributed by atoms with Crippen LogP contribution in [0, 0.1) is 0 Å². The number of halogens is 1. The Balaban J connectivity index is 1.49. The highest BCUT2D eigenvalue weighted by Crippen LogP contribution is 2.41. The molecule has 2 aliphatic rings. The van der Waals surface area contributed by atoms with Gasteiger partial charge in [0.2, 0.25) is 0 Å². The molecule has 0 amide bonds. The normalized spacial score (nSPS) is 26.1. The molecule has 0 bridgehead atoms. The first-order valence-corrected chi connectivity index (χ1v) is 9.13. The summed E-state index contributed by atoms with van der Waals surface area (Å²) in [6, 6.07) is 8.91. The number of rotatable bonds is 4. The van der Waals surface area contributed by atoms with Crippen LogP contribution in [0.25, 0.3) is 0 Å². The van der Waals surface area contributed by atoms with Gasteiger partial charge in [-0.1, -0.05) is 47.3 Å². The molecule has 0 radical (unpaired) electrons. The average molecular weight is 352 g/mol. The van der Waals surface area contributed by atoms with Crippen LogP contribution in [0.15, 0.2) is 28.7 Å². The average Bonchev–Trinajstić information content (AvgIpc) is 2.88. The molecule has 1 aliphatic heterocycles. The minimum Gasteiger partial charge on any atom is -0.370 e. The van der Waals surface area contributed by atoms with E-state index in [0.717, 1.165) is 11.0 Å². The van der Waals surface area contributed by atoms with Crippen LogP contribution < -0.4 is 5.32 Å². The summed E-state index contributed by atoms with van der Waals surface area (Å²) in [6.45, 7) is 3.20. The lowest BCUT2D eigenvalue weighted by atomic mass is 9.83. The number of ether oxygens (including phenoxy) is 1. The van der Waals surface area contributed by atoms with Crippen LogP contribution in [0.2, 0.25) is 0 Å². The summed E-state index contributed by atoms with van der Waals surface area (Å²) in [5.41, 5.74) is 1.57. The zero-order valence-electron chi connectivity index (χ0n) is 12.9. The van der Waals surface area contributed by atoms with Crippen molar-refractivity contribution in [2.45, 2.75) is 69.6 Å². The lowest BCUT2D eigenvalue weighted by Gasteiger charge is -2.33. The van der Waals surface area contributed by atoms with Crippen molar-refractivity contribution < 1.29 is 4.74 Å². The minimum absolute atomic E-state index is 0.240. The fraction of sp³-hybridized carbons (Fsp3) is 0.667. The maximum absolute atomic E-state index is 6.43. The summed E-state index contributed by atoms with van der Waals surface area (Å²) in [5, 5.41) is 3.64. The van der Waals surface area contributed by atoms with Gasteiger partial charge in [0.25, 0.3) is 0 Å². The smallest absolute Gasteiger partial charge is 0.0708 e. The highest BCUT2D eigenvalue weighted by Gasteiger charge is 2.40. The van der Waals surface area contributed by atoms with Gasteiger partial charge in [-0.2, -0.15) is 0 Å². The van der Waals surface area contributed by atoms with Crippen LogP contribution in [0.5, 0.6) is 0 Å². The third-order valence-electron chi connectivity index (χ3n) is 5.10. The quantitative estimate of drug-likeness (QED) is 0.825. The molecule has 21 heavy (non-hydrogen) atoms. The maximum atomic E-state index is 6.43. The molecule has 1 unspecified atom stereocenters. The molecule has 1 saturated carbocycles. The molecule has 3 rings (SSSR count). The molecule has 2 fully saturated rings. The van der Waals surface area contributed by atoms with Crippen LogP contribution in [-0.4, -0.2) is 18.2 Å². The fourth-order valence-corrected chi connectivity index (χ4v) is 4.22. The van der Waals surface area contributed by atoms with E-state index in [1.165, 1.54) is 50.5 Å². The van der Waals surface area contributed by atoms with Crippen molar-refractivity contribution in [3.05, 3.63) is 34.3 Å². The molecule has 1 saturated heterocycles. The summed E-state index contributed by atoms with van der Waals surface area (Å²) in [4.78, 5) is 0. The molecule has 2 atom stereocenters. The van der Waals surface area contributed by atoms with Gasteiger partial charge in [-0.05, 0) is 50.3 Å². The Morgan fingerprint density at radius 1 is 1.29 bits per heavy atom. The highest BCUT2D eigenvalue weighted by molar-refractivity contribution is 9.10. The monoisotopic (exact) mass is 351 g/mol. The predicted molar refractivity (Wildman–Crippen MR) is 90.5 cm³/mol. The molecule has 2 nitrogen and oxygen atoms in total. The molecule has 3 heteroatoms. The van der Waals surface area contributed by atoms with Crippen molar-refractivity contribution in [1.29, 1.82) is 0 Å². The van der Waals surface area contributed by atoms with Gasteiger partial charge in [-0.15, -0.1) is 0 Å². The summed E-state index contributed by atoms with van der Waals surface area (Å²) in [7, 11) is 0. The molecular weight excluding hydrogens is 326 g/mol. The van der Waals surface area contributed by atoms with Crippen LogP contribution in [0.1, 0.15) is 63.5 Å². The standard InChI is InChI=1S/C18H26BrNO/c1-14(15-6-5-7-16(19)12-15)20-13-17-8-11-18(21-17)9-3-2-4-10-18/h5-7,12,14,17,20H,2-4,8-11,13H2,1H3/t14-,17?/m1/s1. The largest absolute Gasteiger partial charge is 0.370 e. The first-order chi connectivity index (χ1) is 10.2. The Kier molecular flexibility index (Phi) is 5.03. The maximum Gasteiger partial charge on any atom is 0.0708 e. The summed E-state index contributed by atoms with van der Waals surface area (Å²) >= 11 is 3.54.